The average molecular weight is 465 g/mol. The van der Waals surface area contributed by atoms with Gasteiger partial charge in [-0.15, -0.1) is 0 Å². The van der Waals surface area contributed by atoms with Crippen LogP contribution >= 0.6 is 11.6 Å². The van der Waals surface area contributed by atoms with Crippen LogP contribution in [-0.2, 0) is 9.59 Å². The lowest BCUT2D eigenvalue weighted by Crippen LogP contribution is -2.50. The Labute approximate surface area is 196 Å². The van der Waals surface area contributed by atoms with E-state index in [1.807, 2.05) is 11.0 Å². The summed E-state index contributed by atoms with van der Waals surface area (Å²) < 4.78 is 14.1. The number of nitrogens with zero attached hydrogens (tertiary/aromatic N) is 3. The van der Waals surface area contributed by atoms with Gasteiger partial charge in [0.05, 0.1) is 5.69 Å². The van der Waals surface area contributed by atoms with Crippen LogP contribution in [-0.4, -0.2) is 47.9 Å². The zero-order chi connectivity index (χ0) is 23.2. The molecule has 33 heavy (non-hydrogen) atoms. The molecular weight excluding hydrogens is 443 g/mol. The number of amides is 2. The fourth-order valence-corrected chi connectivity index (χ4v) is 3.81. The molecule has 1 saturated heterocycles. The predicted molar refractivity (Wildman–Crippen MR) is 127 cm³/mol. The van der Waals surface area contributed by atoms with Crippen LogP contribution in [0.5, 0.6) is 0 Å². The molecule has 0 saturated carbocycles. The highest BCUT2D eigenvalue weighted by molar-refractivity contribution is 6.32. The van der Waals surface area contributed by atoms with Gasteiger partial charge in [0, 0.05) is 43.6 Å². The number of pyridine rings is 1. The summed E-state index contributed by atoms with van der Waals surface area (Å²) in [6.07, 6.45) is 2.99. The van der Waals surface area contributed by atoms with Crippen molar-refractivity contribution in [1.29, 1.82) is 0 Å². The second-order valence-corrected chi connectivity index (χ2v) is 7.85. The lowest BCUT2D eigenvalue weighted by molar-refractivity contribution is -0.129. The highest BCUT2D eigenvalue weighted by atomic mass is 35.5. The zero-order valence-corrected chi connectivity index (χ0v) is 18.5. The Morgan fingerprint density at radius 3 is 2.33 bits per heavy atom. The van der Waals surface area contributed by atoms with Gasteiger partial charge in [0.2, 0.25) is 0 Å². The maximum absolute atomic E-state index is 14.1. The van der Waals surface area contributed by atoms with Crippen molar-refractivity contribution in [2.75, 3.05) is 36.4 Å². The Bertz CT molecular complexity index is 1180. The van der Waals surface area contributed by atoms with Crippen LogP contribution in [0.25, 0.3) is 6.08 Å². The summed E-state index contributed by atoms with van der Waals surface area (Å²) >= 11 is 6.17. The normalized spacial score (nSPS) is 14.2. The first-order valence-electron chi connectivity index (χ1n) is 10.5. The first-order valence-corrected chi connectivity index (χ1v) is 10.9. The van der Waals surface area contributed by atoms with Crippen LogP contribution in [0.3, 0.4) is 0 Å². The van der Waals surface area contributed by atoms with Gasteiger partial charge in [-0.2, -0.15) is 0 Å². The van der Waals surface area contributed by atoms with Gasteiger partial charge in [-0.1, -0.05) is 48.0 Å². The summed E-state index contributed by atoms with van der Waals surface area (Å²) in [4.78, 5) is 34.0. The molecule has 0 spiro atoms. The molecule has 1 aliphatic heterocycles. The summed E-state index contributed by atoms with van der Waals surface area (Å²) in [5.74, 6) is -1.26. The van der Waals surface area contributed by atoms with E-state index in [-0.39, 0.29) is 16.5 Å². The number of benzene rings is 2. The molecule has 2 aromatic carbocycles. The van der Waals surface area contributed by atoms with E-state index in [1.54, 1.807) is 59.5 Å². The molecule has 0 radical (unpaired) electrons. The summed E-state index contributed by atoms with van der Waals surface area (Å²) in [7, 11) is 0. The molecule has 3 aromatic rings. The van der Waals surface area contributed by atoms with Gasteiger partial charge < -0.3 is 15.1 Å². The van der Waals surface area contributed by atoms with Gasteiger partial charge in [-0.3, -0.25) is 9.59 Å². The van der Waals surface area contributed by atoms with Crippen molar-refractivity contribution in [2.45, 2.75) is 0 Å². The third kappa shape index (κ3) is 5.38. The van der Waals surface area contributed by atoms with Crippen molar-refractivity contribution in [3.05, 3.63) is 95.0 Å². The standard InChI is InChI=1S/C25H22ClFN4O2/c26-23-18(7-6-12-28-23)17-20(24(32)29-19-8-2-1-3-9-19)25(33)31-15-13-30(14-16-31)22-11-5-4-10-21(22)27/h1-12,17H,13-16H2,(H,29,32)/b20-17-. The minimum atomic E-state index is -0.539. The number of carbonyl (C=O) groups excluding carboxylic acids is 2. The lowest BCUT2D eigenvalue weighted by atomic mass is 10.1. The van der Waals surface area contributed by atoms with Crippen LogP contribution < -0.4 is 10.2 Å². The highest BCUT2D eigenvalue weighted by Crippen LogP contribution is 2.22. The van der Waals surface area contributed by atoms with Crippen LogP contribution in [0.4, 0.5) is 15.8 Å². The molecule has 168 valence electrons. The quantitative estimate of drug-likeness (QED) is 0.265. The third-order valence-corrected chi connectivity index (χ3v) is 5.67. The van der Waals surface area contributed by atoms with Gasteiger partial charge in [0.15, 0.2) is 0 Å². The summed E-state index contributed by atoms with van der Waals surface area (Å²) in [6.45, 7) is 1.61. The molecule has 0 unspecified atom stereocenters. The fourth-order valence-electron chi connectivity index (χ4n) is 3.63. The van der Waals surface area contributed by atoms with E-state index in [4.69, 9.17) is 11.6 Å². The second-order valence-electron chi connectivity index (χ2n) is 7.49. The average Bonchev–Trinajstić information content (AvgIpc) is 2.84. The van der Waals surface area contributed by atoms with E-state index in [2.05, 4.69) is 10.3 Å². The van der Waals surface area contributed by atoms with Crippen molar-refractivity contribution < 1.29 is 14.0 Å². The number of hydrogen-bond acceptors (Lipinski definition) is 4. The molecule has 2 heterocycles. The summed E-state index contributed by atoms with van der Waals surface area (Å²) in [6, 6.07) is 18.8. The van der Waals surface area contributed by atoms with Crippen molar-refractivity contribution in [2.24, 2.45) is 0 Å². The van der Waals surface area contributed by atoms with E-state index in [9.17, 15) is 14.0 Å². The van der Waals surface area contributed by atoms with Crippen molar-refractivity contribution in [3.8, 4) is 0 Å². The monoisotopic (exact) mass is 464 g/mol. The molecule has 2 amide bonds. The van der Waals surface area contributed by atoms with Crippen LogP contribution in [0, 0.1) is 5.82 Å². The summed E-state index contributed by atoms with van der Waals surface area (Å²) in [5.41, 5.74) is 1.50. The molecule has 1 fully saturated rings. The maximum atomic E-state index is 14.1. The van der Waals surface area contributed by atoms with Crippen LogP contribution in [0.1, 0.15) is 5.56 Å². The van der Waals surface area contributed by atoms with E-state index in [0.29, 0.717) is 43.1 Å². The topological polar surface area (TPSA) is 65.5 Å². The first-order chi connectivity index (χ1) is 16.0. The number of aromatic nitrogens is 1. The minimum Gasteiger partial charge on any atom is -0.366 e. The lowest BCUT2D eigenvalue weighted by Gasteiger charge is -2.36. The Morgan fingerprint density at radius 1 is 0.939 bits per heavy atom. The second kappa shape index (κ2) is 10.3. The fraction of sp³-hybridized carbons (Fsp3) is 0.160. The first kappa shape index (κ1) is 22.5. The Morgan fingerprint density at radius 2 is 1.64 bits per heavy atom. The van der Waals surface area contributed by atoms with Crippen molar-refractivity contribution in [3.63, 3.8) is 0 Å². The molecule has 0 atom stereocenters. The van der Waals surface area contributed by atoms with Gasteiger partial charge in [-0.25, -0.2) is 9.37 Å². The van der Waals surface area contributed by atoms with Crippen LogP contribution in [0.2, 0.25) is 5.15 Å². The Kier molecular flexibility index (Phi) is 7.00. The number of para-hydroxylation sites is 2. The Balaban J connectivity index is 1.55. The van der Waals surface area contributed by atoms with Gasteiger partial charge in [0.25, 0.3) is 11.8 Å². The number of halogens is 2. The Hall–Kier alpha value is -3.71. The molecule has 4 rings (SSSR count). The number of anilines is 2. The molecule has 0 bridgehead atoms. The number of nitrogens with one attached hydrogen (secondary N) is 1. The molecule has 0 aliphatic carbocycles. The number of carbonyl (C=O) groups is 2. The zero-order valence-electron chi connectivity index (χ0n) is 17.7. The van der Waals surface area contributed by atoms with Gasteiger partial charge in [-0.05, 0) is 36.4 Å². The number of rotatable bonds is 5. The molecule has 1 aromatic heterocycles. The van der Waals surface area contributed by atoms with E-state index < -0.39 is 11.8 Å². The number of hydrogen-bond donors (Lipinski definition) is 1. The maximum Gasteiger partial charge on any atom is 0.261 e. The molecule has 1 N–H and O–H groups in total. The predicted octanol–water partition coefficient (Wildman–Crippen LogP) is 4.25. The smallest absolute Gasteiger partial charge is 0.261 e. The van der Waals surface area contributed by atoms with Crippen molar-refractivity contribution >= 4 is 40.9 Å². The SMILES string of the molecule is O=C(Nc1ccccc1)/C(=C/c1cccnc1Cl)C(=O)N1CCN(c2ccccc2F)CC1. The molecule has 8 heteroatoms. The van der Waals surface area contributed by atoms with E-state index in [1.165, 1.54) is 18.3 Å². The highest BCUT2D eigenvalue weighted by Gasteiger charge is 2.28. The third-order valence-electron chi connectivity index (χ3n) is 5.35. The molecule has 6 nitrogen and oxygen atoms in total. The van der Waals surface area contributed by atoms with Gasteiger partial charge >= 0.3 is 0 Å². The number of piperazine rings is 1. The summed E-state index contributed by atoms with van der Waals surface area (Å²) in [5, 5.41) is 2.96. The van der Waals surface area contributed by atoms with Gasteiger partial charge in [0.1, 0.15) is 16.5 Å². The van der Waals surface area contributed by atoms with E-state index in [0.717, 1.165) is 0 Å². The van der Waals surface area contributed by atoms with E-state index >= 15 is 0 Å². The van der Waals surface area contributed by atoms with Crippen LogP contribution in [0.15, 0.2) is 78.5 Å². The minimum absolute atomic E-state index is 0.0481. The largest absolute Gasteiger partial charge is 0.366 e. The molecule has 1 aliphatic rings. The molecular formula is C25H22ClFN4O2. The van der Waals surface area contributed by atoms with Crippen molar-refractivity contribution in [1.82, 2.24) is 9.88 Å².